The van der Waals surface area contributed by atoms with Gasteiger partial charge in [-0.05, 0) is 28.9 Å². The molecule has 1 fully saturated rings. The molecular formula is C18H29N. The van der Waals surface area contributed by atoms with Gasteiger partial charge in [-0.15, -0.1) is 0 Å². The summed E-state index contributed by atoms with van der Waals surface area (Å²) in [5.74, 6) is 0.844. The second-order valence-electron chi connectivity index (χ2n) is 7.18. The van der Waals surface area contributed by atoms with Crippen molar-refractivity contribution in [1.82, 2.24) is 0 Å². The van der Waals surface area contributed by atoms with E-state index in [2.05, 4.69) is 45.0 Å². The number of nitrogens with two attached hydrogens (primary N) is 1. The molecule has 106 valence electrons. The standard InChI is InChI=1S/C18H29N/c1-18(2,3)16-12-8-7-11-15(16)17(19)13-14-9-5-4-6-10-14/h7-8,11-12,14,17H,4-6,9-10,13,19H2,1-3H3. The lowest BCUT2D eigenvalue weighted by atomic mass is 9.78. The predicted molar refractivity (Wildman–Crippen MR) is 83.3 cm³/mol. The molecule has 1 aromatic carbocycles. The topological polar surface area (TPSA) is 26.0 Å². The van der Waals surface area contributed by atoms with Crippen molar-refractivity contribution in [2.45, 2.75) is 70.8 Å². The van der Waals surface area contributed by atoms with E-state index in [1.807, 2.05) is 0 Å². The third kappa shape index (κ3) is 3.82. The van der Waals surface area contributed by atoms with E-state index in [0.29, 0.717) is 0 Å². The Hall–Kier alpha value is -0.820. The summed E-state index contributed by atoms with van der Waals surface area (Å²) in [5.41, 5.74) is 9.48. The normalized spacial score (nSPS) is 19.4. The van der Waals surface area contributed by atoms with Gasteiger partial charge in [-0.3, -0.25) is 0 Å². The summed E-state index contributed by atoms with van der Waals surface area (Å²) in [6.45, 7) is 6.83. The molecule has 1 aromatic rings. The lowest BCUT2D eigenvalue weighted by Crippen LogP contribution is -2.22. The maximum Gasteiger partial charge on any atom is 0.0300 e. The summed E-state index contributed by atoms with van der Waals surface area (Å²) in [5, 5.41) is 0. The first kappa shape index (κ1) is 14.6. The van der Waals surface area contributed by atoms with E-state index in [4.69, 9.17) is 5.73 Å². The molecule has 0 aliphatic heterocycles. The Kier molecular flexibility index (Phi) is 4.67. The van der Waals surface area contributed by atoms with Gasteiger partial charge in [0.2, 0.25) is 0 Å². The molecule has 1 saturated carbocycles. The number of hydrogen-bond donors (Lipinski definition) is 1. The predicted octanol–water partition coefficient (Wildman–Crippen LogP) is 4.95. The zero-order chi connectivity index (χ0) is 13.9. The van der Waals surface area contributed by atoms with E-state index >= 15 is 0 Å². The van der Waals surface area contributed by atoms with Gasteiger partial charge in [-0.25, -0.2) is 0 Å². The molecule has 0 spiro atoms. The van der Waals surface area contributed by atoms with Crippen LogP contribution < -0.4 is 5.73 Å². The Balaban J connectivity index is 2.12. The highest BCUT2D eigenvalue weighted by atomic mass is 14.6. The second kappa shape index (κ2) is 6.09. The first-order valence-electron chi connectivity index (χ1n) is 7.83. The minimum atomic E-state index is 0.181. The fraction of sp³-hybridized carbons (Fsp3) is 0.667. The first-order chi connectivity index (χ1) is 8.98. The van der Waals surface area contributed by atoms with E-state index in [9.17, 15) is 0 Å². The molecule has 1 nitrogen and oxygen atoms in total. The lowest BCUT2D eigenvalue weighted by Gasteiger charge is -2.29. The molecule has 0 heterocycles. The Morgan fingerprint density at radius 2 is 1.74 bits per heavy atom. The van der Waals surface area contributed by atoms with Crippen molar-refractivity contribution in [3.8, 4) is 0 Å². The average Bonchev–Trinajstić information content (AvgIpc) is 2.39. The molecule has 0 aromatic heterocycles. The average molecular weight is 259 g/mol. The van der Waals surface area contributed by atoms with Crippen LogP contribution in [0.4, 0.5) is 0 Å². The van der Waals surface area contributed by atoms with Crippen molar-refractivity contribution in [2.75, 3.05) is 0 Å². The van der Waals surface area contributed by atoms with Crippen LogP contribution in [-0.2, 0) is 5.41 Å². The minimum absolute atomic E-state index is 0.181. The number of benzene rings is 1. The summed E-state index contributed by atoms with van der Waals surface area (Å²) < 4.78 is 0. The molecule has 0 bridgehead atoms. The van der Waals surface area contributed by atoms with Gasteiger partial charge in [0.1, 0.15) is 0 Å². The lowest BCUT2D eigenvalue weighted by molar-refractivity contribution is 0.318. The molecule has 1 aliphatic carbocycles. The highest BCUT2D eigenvalue weighted by Crippen LogP contribution is 2.34. The molecule has 19 heavy (non-hydrogen) atoms. The SMILES string of the molecule is CC(C)(C)c1ccccc1C(N)CC1CCCCC1. The van der Waals surface area contributed by atoms with E-state index in [0.717, 1.165) is 12.3 Å². The number of hydrogen-bond acceptors (Lipinski definition) is 1. The Morgan fingerprint density at radius 1 is 1.11 bits per heavy atom. The minimum Gasteiger partial charge on any atom is -0.324 e. The smallest absolute Gasteiger partial charge is 0.0300 e. The molecular weight excluding hydrogens is 230 g/mol. The summed E-state index contributed by atoms with van der Waals surface area (Å²) >= 11 is 0. The van der Waals surface area contributed by atoms with Crippen molar-refractivity contribution < 1.29 is 0 Å². The molecule has 1 atom stereocenters. The summed E-state index contributed by atoms with van der Waals surface area (Å²) in [4.78, 5) is 0. The van der Waals surface area contributed by atoms with Gasteiger partial charge in [-0.2, -0.15) is 0 Å². The monoisotopic (exact) mass is 259 g/mol. The van der Waals surface area contributed by atoms with Crippen molar-refractivity contribution in [1.29, 1.82) is 0 Å². The van der Waals surface area contributed by atoms with Crippen LogP contribution in [-0.4, -0.2) is 0 Å². The fourth-order valence-electron chi connectivity index (χ4n) is 3.41. The third-order valence-corrected chi connectivity index (χ3v) is 4.48. The molecule has 0 radical (unpaired) electrons. The van der Waals surface area contributed by atoms with Gasteiger partial charge < -0.3 is 5.73 Å². The third-order valence-electron chi connectivity index (χ3n) is 4.48. The number of rotatable bonds is 3. The van der Waals surface area contributed by atoms with Gasteiger partial charge in [0.05, 0.1) is 0 Å². The summed E-state index contributed by atoms with van der Waals surface area (Å²) in [6, 6.07) is 8.95. The maximum absolute atomic E-state index is 6.52. The van der Waals surface area contributed by atoms with E-state index < -0.39 is 0 Å². The Morgan fingerprint density at radius 3 is 2.37 bits per heavy atom. The van der Waals surface area contributed by atoms with Crippen LogP contribution in [0.1, 0.15) is 76.5 Å². The molecule has 1 aliphatic rings. The van der Waals surface area contributed by atoms with Crippen LogP contribution in [0.15, 0.2) is 24.3 Å². The maximum atomic E-state index is 6.52. The van der Waals surface area contributed by atoms with Crippen LogP contribution in [0.5, 0.6) is 0 Å². The zero-order valence-corrected chi connectivity index (χ0v) is 12.8. The largest absolute Gasteiger partial charge is 0.324 e. The highest BCUT2D eigenvalue weighted by Gasteiger charge is 2.23. The van der Waals surface area contributed by atoms with Crippen molar-refractivity contribution >= 4 is 0 Å². The second-order valence-corrected chi connectivity index (χ2v) is 7.18. The molecule has 0 saturated heterocycles. The zero-order valence-electron chi connectivity index (χ0n) is 12.8. The summed E-state index contributed by atoms with van der Waals surface area (Å²) in [6.07, 6.45) is 8.14. The van der Waals surface area contributed by atoms with Crippen molar-refractivity contribution in [3.05, 3.63) is 35.4 Å². The first-order valence-corrected chi connectivity index (χ1v) is 7.83. The van der Waals surface area contributed by atoms with Gasteiger partial charge in [0.15, 0.2) is 0 Å². The Bertz CT molecular complexity index is 396. The van der Waals surface area contributed by atoms with Gasteiger partial charge in [0.25, 0.3) is 0 Å². The summed E-state index contributed by atoms with van der Waals surface area (Å²) in [7, 11) is 0. The van der Waals surface area contributed by atoms with E-state index in [-0.39, 0.29) is 11.5 Å². The quantitative estimate of drug-likeness (QED) is 0.816. The van der Waals surface area contributed by atoms with Crippen LogP contribution >= 0.6 is 0 Å². The van der Waals surface area contributed by atoms with Crippen LogP contribution in [0.3, 0.4) is 0 Å². The molecule has 2 N–H and O–H groups in total. The fourth-order valence-corrected chi connectivity index (χ4v) is 3.41. The van der Waals surface area contributed by atoms with Gasteiger partial charge >= 0.3 is 0 Å². The molecule has 1 unspecified atom stereocenters. The van der Waals surface area contributed by atoms with Crippen LogP contribution in [0.25, 0.3) is 0 Å². The van der Waals surface area contributed by atoms with Crippen LogP contribution in [0.2, 0.25) is 0 Å². The van der Waals surface area contributed by atoms with Gasteiger partial charge in [-0.1, -0.05) is 77.1 Å². The van der Waals surface area contributed by atoms with Crippen molar-refractivity contribution in [2.24, 2.45) is 11.7 Å². The molecule has 0 amide bonds. The molecule has 2 rings (SSSR count). The van der Waals surface area contributed by atoms with E-state index in [1.165, 1.54) is 43.2 Å². The molecule has 1 heteroatoms. The van der Waals surface area contributed by atoms with Gasteiger partial charge in [0, 0.05) is 6.04 Å². The Labute approximate surface area is 118 Å². The van der Waals surface area contributed by atoms with Crippen molar-refractivity contribution in [3.63, 3.8) is 0 Å². The van der Waals surface area contributed by atoms with Crippen LogP contribution in [0, 0.1) is 5.92 Å². The van der Waals surface area contributed by atoms with E-state index in [1.54, 1.807) is 0 Å². The highest BCUT2D eigenvalue weighted by molar-refractivity contribution is 5.35.